The molecule has 2 unspecified atom stereocenters. The number of allylic oxidation sites excluding steroid dienone is 14. The third kappa shape index (κ3) is 45.7. The molecule has 0 spiro atoms. The summed E-state index contributed by atoms with van der Waals surface area (Å²) >= 11 is 0. The molecule has 2 atom stereocenters. The minimum Gasteiger partial charge on any atom is -0.477 e. The van der Waals surface area contributed by atoms with E-state index >= 15 is 0 Å². The van der Waals surface area contributed by atoms with Crippen LogP contribution >= 0.6 is 0 Å². The van der Waals surface area contributed by atoms with E-state index in [-0.39, 0.29) is 42.7 Å². The van der Waals surface area contributed by atoms with E-state index in [1.807, 2.05) is 21.1 Å². The third-order valence-corrected chi connectivity index (χ3v) is 11.5. The van der Waals surface area contributed by atoms with Crippen LogP contribution in [0.1, 0.15) is 213 Å². The molecule has 0 aliphatic carbocycles. The number of carboxylic acid groups (broad SMARTS) is 1. The lowest BCUT2D eigenvalue weighted by Gasteiger charge is -2.31. The van der Waals surface area contributed by atoms with Gasteiger partial charge in [0.1, 0.15) is 6.61 Å². The highest BCUT2D eigenvalue weighted by Gasteiger charge is 2.31. The second kappa shape index (κ2) is 48.0. The molecule has 0 heterocycles. The van der Waals surface area contributed by atoms with Crippen LogP contribution in [0.15, 0.2) is 85.1 Å². The lowest BCUT2D eigenvalue weighted by Crippen LogP contribution is -2.50. The number of aliphatic carboxylic acids is 1. The fourth-order valence-electron chi connectivity index (χ4n) is 7.45. The molecule has 0 saturated carbocycles. The van der Waals surface area contributed by atoms with Gasteiger partial charge in [-0.1, -0.05) is 195 Å². The molecule has 0 rings (SSSR count). The van der Waals surface area contributed by atoms with Crippen molar-refractivity contribution in [3.63, 3.8) is 0 Å². The molecule has 0 saturated heterocycles. The van der Waals surface area contributed by atoms with Gasteiger partial charge in [0.2, 0.25) is 0 Å². The summed E-state index contributed by atoms with van der Waals surface area (Å²) < 4.78 is 17.3. The number of nitrogens with zero attached hydrogens (tertiary/aromatic N) is 1. The number of likely N-dealkylation sites (N-methyl/N-ethyl adjacent to an activating group) is 1. The first kappa shape index (κ1) is 62.5. The van der Waals surface area contributed by atoms with E-state index in [1.54, 1.807) is 0 Å². The summed E-state index contributed by atoms with van der Waals surface area (Å²) in [6.07, 6.45) is 63.6. The van der Waals surface area contributed by atoms with Gasteiger partial charge >= 0.3 is 17.9 Å². The average Bonchev–Trinajstić information content (AvgIpc) is 3.28. The van der Waals surface area contributed by atoms with Gasteiger partial charge in [0.25, 0.3) is 0 Å². The summed E-state index contributed by atoms with van der Waals surface area (Å²) in [6.45, 7) is 4.57. The molecule has 378 valence electrons. The van der Waals surface area contributed by atoms with Crippen molar-refractivity contribution in [2.24, 2.45) is 0 Å². The van der Waals surface area contributed by atoms with Crippen molar-refractivity contribution in [2.75, 3.05) is 41.0 Å². The van der Waals surface area contributed by atoms with Crippen LogP contribution in [-0.2, 0) is 28.6 Å². The molecular formula is C58H100NO7+. The van der Waals surface area contributed by atoms with Gasteiger partial charge in [0, 0.05) is 19.3 Å². The molecule has 0 aromatic carbocycles. The van der Waals surface area contributed by atoms with E-state index in [0.717, 1.165) is 64.2 Å². The van der Waals surface area contributed by atoms with Crippen LogP contribution in [0.3, 0.4) is 0 Å². The molecule has 0 bridgehead atoms. The standard InChI is InChI=1S/C58H99NO7/c1-6-8-10-12-14-16-18-20-22-24-26-28-29-31-32-34-36-38-40-42-44-46-48-56(60)65-53-54(52-64-51-50-55(58(62)63)59(3,4)5)66-57(61)49-47-45-43-41-39-37-35-33-30-27-25-23-21-19-17-15-13-11-9-7-2/h9,11,15,17,21,23,27,29-31,35,37,41,43,54-55H,6-8,10,12-14,16,18-20,22,24-26,28,32-34,36,38-40,42,44-53H2,1-5H3/p+1/b11-9+,17-15+,23-21+,30-27+,31-29+,37-35+,43-41+. The fourth-order valence-corrected chi connectivity index (χ4v) is 7.45. The van der Waals surface area contributed by atoms with Crippen LogP contribution in [0.2, 0.25) is 0 Å². The number of ether oxygens (including phenoxy) is 3. The zero-order valence-electron chi connectivity index (χ0n) is 43.1. The Morgan fingerprint density at radius 1 is 0.470 bits per heavy atom. The Balaban J connectivity index is 4.33. The van der Waals surface area contributed by atoms with Crippen molar-refractivity contribution in [1.82, 2.24) is 0 Å². The number of unbranched alkanes of at least 4 members (excludes halogenated alkanes) is 19. The zero-order chi connectivity index (χ0) is 48.4. The van der Waals surface area contributed by atoms with Gasteiger partial charge in [-0.3, -0.25) is 9.59 Å². The molecule has 0 amide bonds. The van der Waals surface area contributed by atoms with Crippen LogP contribution in [0.25, 0.3) is 0 Å². The number of carboxylic acids is 1. The van der Waals surface area contributed by atoms with Gasteiger partial charge in [0.15, 0.2) is 12.1 Å². The van der Waals surface area contributed by atoms with E-state index in [1.165, 1.54) is 109 Å². The molecule has 1 N–H and O–H groups in total. The number of esters is 2. The Labute approximate surface area is 405 Å². The van der Waals surface area contributed by atoms with Gasteiger partial charge in [-0.05, 0) is 83.5 Å². The van der Waals surface area contributed by atoms with Crippen molar-refractivity contribution in [3.05, 3.63) is 85.1 Å². The summed E-state index contributed by atoms with van der Waals surface area (Å²) in [6, 6.07) is -0.631. The Hall–Kier alpha value is -3.49. The molecule has 0 aliphatic heterocycles. The van der Waals surface area contributed by atoms with Crippen LogP contribution in [0, 0.1) is 0 Å². The lowest BCUT2D eigenvalue weighted by molar-refractivity contribution is -0.887. The highest BCUT2D eigenvalue weighted by Crippen LogP contribution is 2.15. The van der Waals surface area contributed by atoms with E-state index in [2.05, 4.69) is 98.9 Å². The van der Waals surface area contributed by atoms with Crippen LogP contribution in [-0.4, -0.2) is 80.6 Å². The Morgan fingerprint density at radius 3 is 1.32 bits per heavy atom. The minimum atomic E-state index is -0.886. The maximum atomic E-state index is 12.8. The molecule has 8 heteroatoms. The van der Waals surface area contributed by atoms with Crippen LogP contribution in [0.4, 0.5) is 0 Å². The summed E-state index contributed by atoms with van der Waals surface area (Å²) in [4.78, 5) is 37.2. The predicted octanol–water partition coefficient (Wildman–Crippen LogP) is 15.6. The van der Waals surface area contributed by atoms with Crippen LogP contribution < -0.4 is 0 Å². The minimum absolute atomic E-state index is 0.0326. The quantitative estimate of drug-likeness (QED) is 0.0281. The predicted molar refractivity (Wildman–Crippen MR) is 280 cm³/mol. The number of carbonyl (C=O) groups is 3. The maximum Gasteiger partial charge on any atom is 0.362 e. The van der Waals surface area contributed by atoms with Gasteiger partial charge in [-0.25, -0.2) is 4.79 Å². The first-order valence-electron chi connectivity index (χ1n) is 26.6. The molecule has 0 fully saturated rings. The zero-order valence-corrected chi connectivity index (χ0v) is 43.1. The number of quaternary nitrogens is 1. The van der Waals surface area contributed by atoms with Gasteiger partial charge in [-0.15, -0.1) is 0 Å². The highest BCUT2D eigenvalue weighted by molar-refractivity contribution is 5.72. The van der Waals surface area contributed by atoms with E-state index in [4.69, 9.17) is 14.2 Å². The Bertz CT molecular complexity index is 1350. The number of hydrogen-bond donors (Lipinski definition) is 1. The monoisotopic (exact) mass is 923 g/mol. The molecule has 0 radical (unpaired) electrons. The first-order valence-corrected chi connectivity index (χ1v) is 26.6. The second-order valence-corrected chi connectivity index (χ2v) is 18.7. The van der Waals surface area contributed by atoms with E-state index in [0.29, 0.717) is 19.3 Å². The van der Waals surface area contributed by atoms with Crippen molar-refractivity contribution < 1.29 is 38.2 Å². The molecule has 0 aromatic heterocycles. The topological polar surface area (TPSA) is 99.1 Å². The number of hydrogen-bond acceptors (Lipinski definition) is 6. The Kier molecular flexibility index (Phi) is 45.4. The average molecular weight is 923 g/mol. The summed E-state index contributed by atoms with van der Waals surface area (Å²) in [5.41, 5.74) is 0. The van der Waals surface area contributed by atoms with Crippen molar-refractivity contribution in [2.45, 2.75) is 225 Å². The SMILES string of the molecule is CC/C=C/C/C=C/C/C=C/C/C=C/C/C=C/C/C=C/CCCC(=O)OC(COCCC(C(=O)O)[N+](C)(C)C)COC(=O)CCCCCCCCC/C=C/CCCCCCCCCCCCC. The molecule has 66 heavy (non-hydrogen) atoms. The first-order chi connectivity index (χ1) is 32.1. The van der Waals surface area contributed by atoms with Crippen molar-refractivity contribution in [1.29, 1.82) is 0 Å². The maximum absolute atomic E-state index is 12.8. The number of carbonyl (C=O) groups excluding carboxylic acids is 2. The van der Waals surface area contributed by atoms with Crippen molar-refractivity contribution >= 4 is 17.9 Å². The summed E-state index contributed by atoms with van der Waals surface area (Å²) in [5, 5.41) is 9.66. The number of rotatable bonds is 47. The van der Waals surface area contributed by atoms with Crippen molar-refractivity contribution in [3.8, 4) is 0 Å². The van der Waals surface area contributed by atoms with E-state index < -0.39 is 18.1 Å². The normalized spacial score (nSPS) is 13.5. The summed E-state index contributed by atoms with van der Waals surface area (Å²) in [7, 11) is 5.51. The lowest BCUT2D eigenvalue weighted by atomic mass is 10.0. The summed E-state index contributed by atoms with van der Waals surface area (Å²) in [5.74, 6) is -1.55. The molecule has 8 nitrogen and oxygen atoms in total. The molecular weight excluding hydrogens is 823 g/mol. The Morgan fingerprint density at radius 2 is 0.864 bits per heavy atom. The highest BCUT2D eigenvalue weighted by atomic mass is 16.6. The largest absolute Gasteiger partial charge is 0.477 e. The van der Waals surface area contributed by atoms with Gasteiger partial charge < -0.3 is 23.8 Å². The fraction of sp³-hybridized carbons (Fsp3) is 0.707. The molecule has 0 aromatic rings. The second-order valence-electron chi connectivity index (χ2n) is 18.7. The van der Waals surface area contributed by atoms with Gasteiger partial charge in [0.05, 0.1) is 34.4 Å². The smallest absolute Gasteiger partial charge is 0.362 e. The third-order valence-electron chi connectivity index (χ3n) is 11.5. The van der Waals surface area contributed by atoms with Gasteiger partial charge in [-0.2, -0.15) is 0 Å². The molecule has 0 aliphatic rings. The van der Waals surface area contributed by atoms with E-state index in [9.17, 15) is 19.5 Å². The van der Waals surface area contributed by atoms with Crippen LogP contribution in [0.5, 0.6) is 0 Å².